The number of esters is 1. The van der Waals surface area contributed by atoms with Crippen molar-refractivity contribution < 1.29 is 14.3 Å². The molecule has 2 aromatic rings. The van der Waals surface area contributed by atoms with E-state index in [9.17, 15) is 4.79 Å². The van der Waals surface area contributed by atoms with Crippen LogP contribution in [0.25, 0.3) is 0 Å². The standard InChI is InChI=1S/C24H37N5O3S/c1-15(2)14-29(19-7-9-32-10-8-19)23-20(26-24-27-22(16(3)4)28-33-24)12-18(13-25-23)17(5)11-21(30)31-6/h12-13,15-17,19H,7-11,14H2,1-6H3,(H,26,27,28)/t17-/m1/s1. The highest BCUT2D eigenvalue weighted by molar-refractivity contribution is 7.09. The Kier molecular flexibility index (Phi) is 9.02. The van der Waals surface area contributed by atoms with Crippen molar-refractivity contribution in [2.75, 3.05) is 37.1 Å². The quantitative estimate of drug-likeness (QED) is 0.474. The predicted octanol–water partition coefficient (Wildman–Crippen LogP) is 5.11. The van der Waals surface area contributed by atoms with Crippen LogP contribution in [-0.4, -0.2) is 53.2 Å². The topological polar surface area (TPSA) is 89.5 Å². The van der Waals surface area contributed by atoms with Crippen LogP contribution >= 0.6 is 11.5 Å². The summed E-state index contributed by atoms with van der Waals surface area (Å²) in [5, 5.41) is 4.24. The molecule has 182 valence electrons. The third kappa shape index (κ3) is 6.86. The van der Waals surface area contributed by atoms with Crippen LogP contribution in [0.15, 0.2) is 12.3 Å². The SMILES string of the molecule is COC(=O)C[C@@H](C)c1cnc(N(CC(C)C)C2CCOCC2)c(Nc2nc(C(C)C)ns2)c1. The predicted molar refractivity (Wildman–Crippen MR) is 133 cm³/mol. The van der Waals surface area contributed by atoms with Crippen molar-refractivity contribution in [1.29, 1.82) is 0 Å². The molecule has 0 amide bonds. The molecule has 1 aliphatic rings. The van der Waals surface area contributed by atoms with E-state index in [1.807, 2.05) is 13.1 Å². The van der Waals surface area contributed by atoms with Gasteiger partial charge >= 0.3 is 5.97 Å². The highest BCUT2D eigenvalue weighted by Gasteiger charge is 2.27. The molecule has 0 unspecified atom stereocenters. The first-order valence-electron chi connectivity index (χ1n) is 11.8. The van der Waals surface area contributed by atoms with Gasteiger partial charge in [0, 0.05) is 49.4 Å². The fraction of sp³-hybridized carbons (Fsp3) is 0.667. The molecule has 0 saturated carbocycles. The molecular weight excluding hydrogens is 438 g/mol. The zero-order chi connectivity index (χ0) is 24.0. The summed E-state index contributed by atoms with van der Waals surface area (Å²) in [6, 6.07) is 2.46. The van der Waals surface area contributed by atoms with Crippen molar-refractivity contribution in [2.24, 2.45) is 5.92 Å². The lowest BCUT2D eigenvalue weighted by molar-refractivity contribution is -0.140. The highest BCUT2D eigenvalue weighted by Crippen LogP contribution is 2.35. The van der Waals surface area contributed by atoms with Crippen molar-refractivity contribution in [3.05, 3.63) is 23.7 Å². The summed E-state index contributed by atoms with van der Waals surface area (Å²) in [6.07, 6.45) is 4.15. The second kappa shape index (κ2) is 11.7. The van der Waals surface area contributed by atoms with Gasteiger partial charge in [0.2, 0.25) is 5.13 Å². The molecule has 2 aromatic heterocycles. The second-order valence-electron chi connectivity index (χ2n) is 9.45. The number of methoxy groups -OCH3 is 1. The van der Waals surface area contributed by atoms with E-state index in [4.69, 9.17) is 14.5 Å². The Morgan fingerprint density at radius 1 is 1.27 bits per heavy atom. The summed E-state index contributed by atoms with van der Waals surface area (Å²) < 4.78 is 15.0. The number of pyridine rings is 1. The Hall–Kier alpha value is -2.26. The maximum Gasteiger partial charge on any atom is 0.306 e. The van der Waals surface area contributed by atoms with Gasteiger partial charge in [-0.05, 0) is 36.3 Å². The number of aromatic nitrogens is 3. The maximum atomic E-state index is 11.8. The largest absolute Gasteiger partial charge is 0.469 e. The van der Waals surface area contributed by atoms with Crippen molar-refractivity contribution in [3.8, 4) is 0 Å². The molecule has 1 N–H and O–H groups in total. The Morgan fingerprint density at radius 3 is 2.61 bits per heavy atom. The van der Waals surface area contributed by atoms with Gasteiger partial charge in [0.15, 0.2) is 5.82 Å². The number of rotatable bonds is 10. The second-order valence-corrected chi connectivity index (χ2v) is 10.2. The average molecular weight is 476 g/mol. The molecule has 0 aliphatic carbocycles. The first-order valence-corrected chi connectivity index (χ1v) is 12.6. The number of ether oxygens (including phenoxy) is 2. The van der Waals surface area contributed by atoms with Crippen LogP contribution in [0.4, 0.5) is 16.6 Å². The number of hydrogen-bond donors (Lipinski definition) is 1. The van der Waals surface area contributed by atoms with Crippen LogP contribution in [0.3, 0.4) is 0 Å². The summed E-state index contributed by atoms with van der Waals surface area (Å²) in [6.45, 7) is 13.1. The van der Waals surface area contributed by atoms with Crippen molar-refractivity contribution >= 4 is 34.1 Å². The average Bonchev–Trinajstić information content (AvgIpc) is 3.27. The Morgan fingerprint density at radius 2 is 2.00 bits per heavy atom. The van der Waals surface area contributed by atoms with Crippen LogP contribution < -0.4 is 10.2 Å². The van der Waals surface area contributed by atoms with E-state index in [1.165, 1.54) is 18.6 Å². The van der Waals surface area contributed by atoms with Crippen LogP contribution in [0.1, 0.15) is 77.1 Å². The Bertz CT molecular complexity index is 911. The first kappa shape index (κ1) is 25.4. The molecule has 3 rings (SSSR count). The summed E-state index contributed by atoms with van der Waals surface area (Å²) in [7, 11) is 1.42. The fourth-order valence-corrected chi connectivity index (χ4v) is 4.67. The van der Waals surface area contributed by atoms with E-state index in [-0.39, 0.29) is 17.8 Å². The van der Waals surface area contributed by atoms with Crippen molar-refractivity contribution in [3.63, 3.8) is 0 Å². The van der Waals surface area contributed by atoms with E-state index in [1.54, 1.807) is 0 Å². The molecule has 1 saturated heterocycles. The van der Waals surface area contributed by atoms with E-state index in [2.05, 4.69) is 53.3 Å². The minimum absolute atomic E-state index is 0.0122. The summed E-state index contributed by atoms with van der Waals surface area (Å²) in [4.78, 5) is 23.9. The van der Waals surface area contributed by atoms with Crippen LogP contribution in [0.5, 0.6) is 0 Å². The van der Waals surface area contributed by atoms with Gasteiger partial charge in [-0.1, -0.05) is 34.6 Å². The number of carbonyl (C=O) groups is 1. The molecule has 0 bridgehead atoms. The third-order valence-electron chi connectivity index (χ3n) is 5.82. The molecule has 0 radical (unpaired) electrons. The van der Waals surface area contributed by atoms with Crippen molar-refractivity contribution in [2.45, 2.75) is 71.8 Å². The highest BCUT2D eigenvalue weighted by atomic mass is 32.1. The lowest BCUT2D eigenvalue weighted by atomic mass is 9.98. The van der Waals surface area contributed by atoms with Gasteiger partial charge in [0.05, 0.1) is 19.2 Å². The van der Waals surface area contributed by atoms with E-state index in [0.29, 0.717) is 18.4 Å². The normalized spacial score (nSPS) is 15.6. The lowest BCUT2D eigenvalue weighted by Crippen LogP contribution is -2.42. The smallest absolute Gasteiger partial charge is 0.306 e. The van der Waals surface area contributed by atoms with E-state index >= 15 is 0 Å². The first-order chi connectivity index (χ1) is 15.8. The zero-order valence-corrected chi connectivity index (χ0v) is 21.4. The molecule has 1 atom stereocenters. The zero-order valence-electron chi connectivity index (χ0n) is 20.6. The summed E-state index contributed by atoms with van der Waals surface area (Å²) in [5.41, 5.74) is 1.87. The van der Waals surface area contributed by atoms with Gasteiger partial charge in [0.25, 0.3) is 0 Å². The number of nitrogens with one attached hydrogen (secondary N) is 1. The van der Waals surface area contributed by atoms with Gasteiger partial charge in [0.1, 0.15) is 5.82 Å². The minimum Gasteiger partial charge on any atom is -0.469 e. The maximum absolute atomic E-state index is 11.8. The van der Waals surface area contributed by atoms with Crippen LogP contribution in [0.2, 0.25) is 0 Å². The molecule has 33 heavy (non-hydrogen) atoms. The fourth-order valence-electron chi connectivity index (χ4n) is 3.95. The lowest BCUT2D eigenvalue weighted by Gasteiger charge is -2.37. The van der Waals surface area contributed by atoms with E-state index in [0.717, 1.165) is 60.6 Å². The molecule has 0 aromatic carbocycles. The monoisotopic (exact) mass is 475 g/mol. The van der Waals surface area contributed by atoms with Gasteiger partial charge in [-0.3, -0.25) is 4.79 Å². The molecule has 1 fully saturated rings. The molecule has 8 nitrogen and oxygen atoms in total. The summed E-state index contributed by atoms with van der Waals surface area (Å²) >= 11 is 1.36. The number of nitrogens with zero attached hydrogens (tertiary/aromatic N) is 4. The molecular formula is C24H37N5O3S. The van der Waals surface area contributed by atoms with Gasteiger partial charge in [-0.2, -0.15) is 4.37 Å². The Labute approximate surface area is 201 Å². The van der Waals surface area contributed by atoms with Crippen LogP contribution in [-0.2, 0) is 14.3 Å². The number of carbonyl (C=O) groups excluding carboxylic acids is 1. The molecule has 1 aliphatic heterocycles. The minimum atomic E-state index is -0.226. The summed E-state index contributed by atoms with van der Waals surface area (Å²) in [5.74, 6) is 2.24. The van der Waals surface area contributed by atoms with Gasteiger partial charge < -0.3 is 19.7 Å². The molecule has 0 spiro atoms. The number of anilines is 3. The van der Waals surface area contributed by atoms with E-state index < -0.39 is 0 Å². The Balaban J connectivity index is 1.99. The molecule has 9 heteroatoms. The van der Waals surface area contributed by atoms with Gasteiger partial charge in [-0.25, -0.2) is 9.97 Å². The number of hydrogen-bond acceptors (Lipinski definition) is 9. The van der Waals surface area contributed by atoms with Crippen molar-refractivity contribution in [1.82, 2.24) is 14.3 Å². The molecule has 3 heterocycles. The van der Waals surface area contributed by atoms with Gasteiger partial charge in [-0.15, -0.1) is 0 Å². The third-order valence-corrected chi connectivity index (χ3v) is 6.47. The van der Waals surface area contributed by atoms with Crippen LogP contribution in [0, 0.1) is 5.92 Å².